The maximum absolute atomic E-state index is 12.3. The lowest BCUT2D eigenvalue weighted by Gasteiger charge is -2.34. The standard InChI is InChI=1S/C14H18N2OS/c1-3-11-4-5-12(18-11)13(17)16-8-6-14(2,10-15)7-9-16/h4-5H,3,6-9H2,1-2H3. The Labute approximate surface area is 112 Å². The average molecular weight is 262 g/mol. The van der Waals surface area contributed by atoms with Crippen molar-refractivity contribution < 1.29 is 4.79 Å². The molecule has 0 spiro atoms. The van der Waals surface area contributed by atoms with Gasteiger partial charge in [0.05, 0.1) is 16.4 Å². The van der Waals surface area contributed by atoms with Crippen LogP contribution in [-0.4, -0.2) is 23.9 Å². The SMILES string of the molecule is CCc1ccc(C(=O)N2CCC(C)(C#N)CC2)s1. The smallest absolute Gasteiger partial charge is 0.263 e. The number of carbonyl (C=O) groups is 1. The van der Waals surface area contributed by atoms with E-state index in [1.54, 1.807) is 11.3 Å². The second kappa shape index (κ2) is 5.11. The van der Waals surface area contributed by atoms with Gasteiger partial charge >= 0.3 is 0 Å². The molecule has 0 atom stereocenters. The maximum atomic E-state index is 12.3. The highest BCUT2D eigenvalue weighted by Crippen LogP contribution is 2.31. The number of piperidine rings is 1. The minimum Gasteiger partial charge on any atom is -0.338 e. The average Bonchev–Trinajstić information content (AvgIpc) is 2.87. The third-order valence-corrected chi connectivity index (χ3v) is 4.86. The van der Waals surface area contributed by atoms with E-state index in [0.717, 1.165) is 24.1 Å². The van der Waals surface area contributed by atoms with Gasteiger partial charge in [-0.3, -0.25) is 4.79 Å². The monoisotopic (exact) mass is 262 g/mol. The molecule has 96 valence electrons. The number of carbonyl (C=O) groups excluding carboxylic acids is 1. The Morgan fingerprint density at radius 2 is 2.17 bits per heavy atom. The van der Waals surface area contributed by atoms with Crippen molar-refractivity contribution in [3.05, 3.63) is 21.9 Å². The largest absolute Gasteiger partial charge is 0.338 e. The molecule has 2 rings (SSSR count). The Morgan fingerprint density at radius 3 is 2.67 bits per heavy atom. The van der Waals surface area contributed by atoms with Gasteiger partial charge in [0.1, 0.15) is 0 Å². The molecule has 0 radical (unpaired) electrons. The van der Waals surface area contributed by atoms with Crippen molar-refractivity contribution in [1.29, 1.82) is 5.26 Å². The molecule has 0 saturated carbocycles. The number of hydrogen-bond donors (Lipinski definition) is 0. The van der Waals surface area contributed by atoms with Gasteiger partial charge in [0.15, 0.2) is 0 Å². The molecular weight excluding hydrogens is 244 g/mol. The summed E-state index contributed by atoms with van der Waals surface area (Å²) in [5.41, 5.74) is -0.249. The summed E-state index contributed by atoms with van der Waals surface area (Å²) in [6, 6.07) is 6.31. The van der Waals surface area contributed by atoms with Crippen molar-refractivity contribution in [2.45, 2.75) is 33.1 Å². The van der Waals surface area contributed by atoms with E-state index in [4.69, 9.17) is 5.26 Å². The Morgan fingerprint density at radius 1 is 1.50 bits per heavy atom. The van der Waals surface area contributed by atoms with Crippen molar-refractivity contribution in [2.24, 2.45) is 5.41 Å². The number of aryl methyl sites for hydroxylation is 1. The fourth-order valence-electron chi connectivity index (χ4n) is 2.15. The highest BCUT2D eigenvalue weighted by molar-refractivity contribution is 7.14. The summed E-state index contributed by atoms with van der Waals surface area (Å²) in [6.45, 7) is 5.47. The molecule has 1 saturated heterocycles. The van der Waals surface area contributed by atoms with Gasteiger partial charge in [-0.1, -0.05) is 6.92 Å². The van der Waals surface area contributed by atoms with Crippen LogP contribution in [0, 0.1) is 16.7 Å². The first-order valence-corrected chi connectivity index (χ1v) is 7.19. The third-order valence-electron chi connectivity index (χ3n) is 3.65. The predicted molar refractivity (Wildman–Crippen MR) is 72.6 cm³/mol. The van der Waals surface area contributed by atoms with E-state index in [9.17, 15) is 4.79 Å². The van der Waals surface area contributed by atoms with Gasteiger partial charge in [-0.15, -0.1) is 11.3 Å². The Balaban J connectivity index is 2.02. The van der Waals surface area contributed by atoms with Crippen LogP contribution in [0.5, 0.6) is 0 Å². The van der Waals surface area contributed by atoms with Gasteiger partial charge in [0, 0.05) is 18.0 Å². The van der Waals surface area contributed by atoms with E-state index < -0.39 is 0 Å². The zero-order chi connectivity index (χ0) is 13.2. The number of nitrogens with zero attached hydrogens (tertiary/aromatic N) is 2. The fourth-order valence-corrected chi connectivity index (χ4v) is 3.07. The molecular formula is C14H18N2OS. The van der Waals surface area contributed by atoms with E-state index in [2.05, 4.69) is 13.0 Å². The lowest BCUT2D eigenvalue weighted by Crippen LogP contribution is -2.41. The third kappa shape index (κ3) is 2.56. The first-order chi connectivity index (χ1) is 8.58. The van der Waals surface area contributed by atoms with Crippen molar-refractivity contribution in [3.63, 3.8) is 0 Å². The summed E-state index contributed by atoms with van der Waals surface area (Å²) in [7, 11) is 0. The van der Waals surface area contributed by atoms with E-state index in [1.807, 2.05) is 24.0 Å². The summed E-state index contributed by atoms with van der Waals surface area (Å²) in [6.07, 6.45) is 2.53. The normalized spacial score (nSPS) is 18.4. The Kier molecular flexibility index (Phi) is 3.72. The van der Waals surface area contributed by atoms with Crippen molar-refractivity contribution in [3.8, 4) is 6.07 Å². The highest BCUT2D eigenvalue weighted by atomic mass is 32.1. The van der Waals surface area contributed by atoms with Gasteiger partial charge in [-0.05, 0) is 38.3 Å². The first-order valence-electron chi connectivity index (χ1n) is 6.37. The number of amides is 1. The van der Waals surface area contributed by atoms with Crippen LogP contribution in [0.2, 0.25) is 0 Å². The molecule has 1 aromatic rings. The molecule has 3 nitrogen and oxygen atoms in total. The number of thiophene rings is 1. The molecule has 18 heavy (non-hydrogen) atoms. The lowest BCUT2D eigenvalue weighted by atomic mass is 9.82. The van der Waals surface area contributed by atoms with E-state index in [1.165, 1.54) is 4.88 Å². The van der Waals surface area contributed by atoms with Crippen LogP contribution in [0.4, 0.5) is 0 Å². The van der Waals surface area contributed by atoms with Crippen molar-refractivity contribution in [1.82, 2.24) is 4.90 Å². The molecule has 1 amide bonds. The maximum Gasteiger partial charge on any atom is 0.263 e. The van der Waals surface area contributed by atoms with Crippen LogP contribution in [0.15, 0.2) is 12.1 Å². The van der Waals surface area contributed by atoms with Crippen molar-refractivity contribution >= 4 is 17.2 Å². The van der Waals surface area contributed by atoms with Crippen LogP contribution >= 0.6 is 11.3 Å². The molecule has 0 bridgehead atoms. The molecule has 4 heteroatoms. The summed E-state index contributed by atoms with van der Waals surface area (Å²) >= 11 is 1.58. The first kappa shape index (κ1) is 13.1. The number of rotatable bonds is 2. The lowest BCUT2D eigenvalue weighted by molar-refractivity contribution is 0.0666. The summed E-state index contributed by atoms with van der Waals surface area (Å²) < 4.78 is 0. The summed E-state index contributed by atoms with van der Waals surface area (Å²) in [5, 5.41) is 9.08. The van der Waals surface area contributed by atoms with E-state index >= 15 is 0 Å². The zero-order valence-electron chi connectivity index (χ0n) is 10.9. The molecule has 0 N–H and O–H groups in total. The topological polar surface area (TPSA) is 44.1 Å². The van der Waals surface area contributed by atoms with E-state index in [0.29, 0.717) is 13.1 Å². The molecule has 0 unspecified atom stereocenters. The molecule has 2 heterocycles. The minimum absolute atomic E-state index is 0.125. The predicted octanol–water partition coefficient (Wildman–Crippen LogP) is 3.08. The second-order valence-electron chi connectivity index (χ2n) is 5.08. The van der Waals surface area contributed by atoms with Crippen LogP contribution in [-0.2, 0) is 6.42 Å². The summed E-state index contributed by atoms with van der Waals surface area (Å²) in [4.78, 5) is 16.2. The zero-order valence-corrected chi connectivity index (χ0v) is 11.7. The second-order valence-corrected chi connectivity index (χ2v) is 6.25. The molecule has 0 aliphatic carbocycles. The molecule has 1 fully saturated rings. The van der Waals surface area contributed by atoms with Gasteiger partial charge < -0.3 is 4.90 Å². The van der Waals surface area contributed by atoms with Gasteiger partial charge in [-0.25, -0.2) is 0 Å². The molecule has 1 aromatic heterocycles. The minimum atomic E-state index is -0.249. The van der Waals surface area contributed by atoms with Gasteiger partial charge in [0.2, 0.25) is 0 Å². The van der Waals surface area contributed by atoms with Crippen LogP contribution in [0.3, 0.4) is 0 Å². The fraction of sp³-hybridized carbons (Fsp3) is 0.571. The van der Waals surface area contributed by atoms with Crippen molar-refractivity contribution in [2.75, 3.05) is 13.1 Å². The number of likely N-dealkylation sites (tertiary alicyclic amines) is 1. The summed E-state index contributed by atoms with van der Waals surface area (Å²) in [5.74, 6) is 0.125. The van der Waals surface area contributed by atoms with Gasteiger partial charge in [-0.2, -0.15) is 5.26 Å². The highest BCUT2D eigenvalue weighted by Gasteiger charge is 2.32. The Bertz CT molecular complexity index is 478. The van der Waals surface area contributed by atoms with Crippen LogP contribution in [0.1, 0.15) is 41.2 Å². The molecule has 0 aromatic carbocycles. The number of hydrogen-bond acceptors (Lipinski definition) is 3. The Hall–Kier alpha value is -1.34. The number of nitriles is 1. The van der Waals surface area contributed by atoms with Gasteiger partial charge in [0.25, 0.3) is 5.91 Å². The van der Waals surface area contributed by atoms with Crippen LogP contribution < -0.4 is 0 Å². The quantitative estimate of drug-likeness (QED) is 0.822. The molecule has 1 aliphatic rings. The molecule has 1 aliphatic heterocycles. The van der Waals surface area contributed by atoms with Crippen LogP contribution in [0.25, 0.3) is 0 Å². The van der Waals surface area contributed by atoms with E-state index in [-0.39, 0.29) is 11.3 Å².